The van der Waals surface area contributed by atoms with E-state index in [1.165, 1.54) is 17.0 Å². The van der Waals surface area contributed by atoms with Crippen LogP contribution in [0.5, 0.6) is 0 Å². The van der Waals surface area contributed by atoms with Gasteiger partial charge < -0.3 is 10.5 Å². The molecule has 1 amide bonds. The summed E-state index contributed by atoms with van der Waals surface area (Å²) >= 11 is 6.48. The molecule has 1 fully saturated rings. The van der Waals surface area contributed by atoms with Gasteiger partial charge in [0, 0.05) is 12.0 Å². The monoisotopic (exact) mass is 708 g/mol. The highest BCUT2D eigenvalue weighted by atomic mass is 35.5. The molecule has 2 aromatic heterocycles. The number of halogens is 3. The van der Waals surface area contributed by atoms with Gasteiger partial charge in [0.05, 0.1) is 22.8 Å². The summed E-state index contributed by atoms with van der Waals surface area (Å²) in [4.78, 5) is 39.2. The quantitative estimate of drug-likeness (QED) is 0.175. The molecule has 2 aliphatic rings. The number of hydrogen-bond acceptors (Lipinski definition) is 10. The zero-order valence-electron chi connectivity index (χ0n) is 28.4. The number of alkyl halides is 2. The summed E-state index contributed by atoms with van der Waals surface area (Å²) in [5.74, 6) is -1.11. The molecule has 0 bridgehead atoms. The third-order valence-electron chi connectivity index (χ3n) is 8.47. The normalized spacial score (nSPS) is 18.6. The molecule has 264 valence electrons. The van der Waals surface area contributed by atoms with Crippen molar-refractivity contribution in [2.24, 2.45) is 22.1 Å². The number of aromatic nitrogens is 7. The van der Waals surface area contributed by atoms with Gasteiger partial charge in [0.1, 0.15) is 12.9 Å². The Hall–Kier alpha value is -4.79. The smallest absolute Gasteiger partial charge is 0.306 e. The maximum Gasteiger partial charge on any atom is 0.306 e. The number of esters is 1. The fourth-order valence-electron chi connectivity index (χ4n) is 6.14. The molecular formula is C34H39ClF2N10O3. The molecule has 50 heavy (non-hydrogen) atoms. The zero-order valence-corrected chi connectivity index (χ0v) is 29.2. The molecule has 0 saturated heterocycles. The Kier molecular flexibility index (Phi) is 9.46. The minimum absolute atomic E-state index is 0.0269. The average Bonchev–Trinajstić information content (AvgIpc) is 3.45. The van der Waals surface area contributed by atoms with Gasteiger partial charge in [-0.15, -0.1) is 10.2 Å². The molecule has 0 spiro atoms. The van der Waals surface area contributed by atoms with Crippen molar-refractivity contribution in [2.45, 2.75) is 84.4 Å². The lowest BCUT2D eigenvalue weighted by Crippen LogP contribution is -2.47. The largest absolute Gasteiger partial charge is 0.463 e. The zero-order chi connectivity index (χ0) is 36.0. The molecule has 2 atom stereocenters. The number of benzene rings is 2. The van der Waals surface area contributed by atoms with E-state index in [0.29, 0.717) is 17.0 Å². The summed E-state index contributed by atoms with van der Waals surface area (Å²) in [6.07, 6.45) is 0.549. The molecule has 3 heterocycles. The first-order chi connectivity index (χ1) is 23.7. The Balaban J connectivity index is 1.40. The number of nitrogens with zero attached hydrogens (tertiary/aromatic N) is 9. The number of carbonyl (C=O) groups excluding carboxylic acids is 2. The van der Waals surface area contributed by atoms with Crippen LogP contribution in [0.15, 0.2) is 53.8 Å². The lowest BCUT2D eigenvalue weighted by molar-refractivity contribution is -0.148. The van der Waals surface area contributed by atoms with Crippen LogP contribution < -0.4 is 5.73 Å². The van der Waals surface area contributed by atoms with E-state index >= 15 is 0 Å². The molecule has 4 aromatic rings. The Morgan fingerprint density at radius 1 is 1.14 bits per heavy atom. The van der Waals surface area contributed by atoms with Gasteiger partial charge in [-0.3, -0.25) is 14.5 Å². The van der Waals surface area contributed by atoms with Crippen molar-refractivity contribution in [3.05, 3.63) is 70.8 Å². The molecule has 16 heteroatoms. The number of ether oxygens (including phenoxy) is 1. The molecule has 13 nitrogen and oxygen atoms in total. The van der Waals surface area contributed by atoms with E-state index in [0.717, 1.165) is 29.4 Å². The van der Waals surface area contributed by atoms with Crippen molar-refractivity contribution >= 4 is 29.4 Å². The van der Waals surface area contributed by atoms with Gasteiger partial charge in [-0.05, 0) is 59.1 Å². The Morgan fingerprint density at radius 2 is 1.86 bits per heavy atom. The van der Waals surface area contributed by atoms with Crippen LogP contribution in [0.4, 0.5) is 8.78 Å². The maximum absolute atomic E-state index is 14.9. The maximum atomic E-state index is 14.9. The van der Waals surface area contributed by atoms with Crippen LogP contribution >= 0.6 is 11.6 Å². The molecule has 0 unspecified atom stereocenters. The third-order valence-corrected chi connectivity index (χ3v) is 8.79. The summed E-state index contributed by atoms with van der Waals surface area (Å²) in [6, 6.07) is 11.2. The molecule has 1 aliphatic carbocycles. The lowest BCUT2D eigenvalue weighted by Gasteiger charge is -2.35. The third kappa shape index (κ3) is 7.09. The second-order valence-corrected chi connectivity index (χ2v) is 14.7. The Bertz CT molecular complexity index is 1920. The summed E-state index contributed by atoms with van der Waals surface area (Å²) in [5.41, 5.74) is 6.63. The number of carbonyl (C=O) groups is 2. The van der Waals surface area contributed by atoms with Crippen molar-refractivity contribution in [3.8, 4) is 17.1 Å². The minimum atomic E-state index is -2.93. The molecule has 1 saturated carbocycles. The molecule has 0 radical (unpaired) electrons. The van der Waals surface area contributed by atoms with Gasteiger partial charge in [-0.2, -0.15) is 9.90 Å². The fraction of sp³-hybridized carbons (Fsp3) is 0.471. The Labute approximate surface area is 292 Å². The van der Waals surface area contributed by atoms with Crippen molar-refractivity contribution in [1.29, 1.82) is 0 Å². The summed E-state index contributed by atoms with van der Waals surface area (Å²) in [6.45, 7) is 9.48. The molecule has 2 N–H and O–H groups in total. The van der Waals surface area contributed by atoms with Crippen molar-refractivity contribution in [3.63, 3.8) is 0 Å². The number of aliphatic imine (C=N–C) groups is 1. The first-order valence-corrected chi connectivity index (χ1v) is 16.8. The van der Waals surface area contributed by atoms with Crippen molar-refractivity contribution in [2.75, 3.05) is 6.61 Å². The first kappa shape index (κ1) is 35.1. The predicted molar refractivity (Wildman–Crippen MR) is 180 cm³/mol. The summed E-state index contributed by atoms with van der Waals surface area (Å²) in [5, 5.41) is 17.0. The number of tetrazole rings is 1. The second kappa shape index (κ2) is 13.5. The van der Waals surface area contributed by atoms with E-state index in [9.17, 15) is 18.4 Å². The topological polar surface area (TPSA) is 159 Å². The van der Waals surface area contributed by atoms with E-state index < -0.39 is 41.1 Å². The van der Waals surface area contributed by atoms with Crippen molar-refractivity contribution in [1.82, 2.24) is 39.9 Å². The highest BCUT2D eigenvalue weighted by molar-refractivity contribution is 6.32. The van der Waals surface area contributed by atoms with Gasteiger partial charge in [0.25, 0.3) is 12.3 Å². The number of amides is 1. The minimum Gasteiger partial charge on any atom is -0.463 e. The lowest BCUT2D eigenvalue weighted by atomic mass is 9.75. The highest BCUT2D eigenvalue weighted by Crippen LogP contribution is 2.45. The van der Waals surface area contributed by atoms with E-state index in [4.69, 9.17) is 27.1 Å². The first-order valence-electron chi connectivity index (χ1n) is 16.4. The highest BCUT2D eigenvalue weighted by Gasteiger charge is 2.53. The molecular weight excluding hydrogens is 670 g/mol. The summed E-state index contributed by atoms with van der Waals surface area (Å²) < 4.78 is 34.3. The SMILES string of the molecule is CC(C)CC(=O)OC[C@H](c1ccc(Cl)c(-n2ncnc2C(F)F)c1)N1C(=O)[C@@](CC(C)(C)C)(c2ccc(-c3nnn(C4CC4)n3)cc2)N=C1N. The van der Waals surface area contributed by atoms with Gasteiger partial charge in [-0.1, -0.05) is 76.6 Å². The number of nitrogens with two attached hydrogens (primary N) is 1. The molecule has 6 rings (SSSR count). The van der Waals surface area contributed by atoms with Crippen LogP contribution in [0.3, 0.4) is 0 Å². The van der Waals surface area contributed by atoms with Crippen LogP contribution in [-0.4, -0.2) is 64.3 Å². The number of rotatable bonds is 12. The van der Waals surface area contributed by atoms with Gasteiger partial charge >= 0.3 is 5.97 Å². The molecule has 2 aromatic carbocycles. The van der Waals surface area contributed by atoms with E-state index in [2.05, 4.69) is 25.5 Å². The van der Waals surface area contributed by atoms with Crippen LogP contribution in [0, 0.1) is 11.3 Å². The van der Waals surface area contributed by atoms with Gasteiger partial charge in [0.2, 0.25) is 5.82 Å². The number of guanidine groups is 1. The standard InChI is InChI=1S/C34H39ClF2N10O3/c1-19(2)14-27(48)50-16-26(21-8-13-24(35)25(15-21)46-30(28(36)37)39-18-40-46)45-31(49)34(41-32(45)38,17-33(3,4)5)22-9-6-20(7-10-22)29-42-44-47(43-29)23-11-12-23/h6-10,13,15,18-19,23,26,28H,11-12,14,16-17H2,1-5H3,(H2,38,41)/t26-,34-/m1/s1. The number of hydrogen-bond donors (Lipinski definition) is 1. The van der Waals surface area contributed by atoms with Crippen LogP contribution in [-0.2, 0) is 19.9 Å². The van der Waals surface area contributed by atoms with Gasteiger partial charge in [0.15, 0.2) is 17.3 Å². The second-order valence-electron chi connectivity index (χ2n) is 14.3. The summed E-state index contributed by atoms with van der Waals surface area (Å²) in [7, 11) is 0. The Morgan fingerprint density at radius 3 is 2.50 bits per heavy atom. The predicted octanol–water partition coefficient (Wildman–Crippen LogP) is 5.97. The van der Waals surface area contributed by atoms with Crippen molar-refractivity contribution < 1.29 is 23.1 Å². The van der Waals surface area contributed by atoms with E-state index in [-0.39, 0.29) is 48.1 Å². The van der Waals surface area contributed by atoms with E-state index in [1.807, 2.05) is 58.9 Å². The van der Waals surface area contributed by atoms with Crippen LogP contribution in [0.1, 0.15) is 95.8 Å². The fourth-order valence-corrected chi connectivity index (χ4v) is 6.34. The van der Waals surface area contributed by atoms with Crippen LogP contribution in [0.25, 0.3) is 17.1 Å². The average molecular weight is 709 g/mol. The molecule has 1 aliphatic heterocycles. The van der Waals surface area contributed by atoms with E-state index in [1.54, 1.807) is 10.9 Å². The van der Waals surface area contributed by atoms with Gasteiger partial charge in [-0.25, -0.2) is 23.4 Å². The van der Waals surface area contributed by atoms with Crippen LogP contribution in [0.2, 0.25) is 5.02 Å².